The second-order valence-electron chi connectivity index (χ2n) is 6.08. The fraction of sp³-hybridized carbons (Fsp3) is 0.300. The van der Waals surface area contributed by atoms with Crippen LogP contribution >= 0.6 is 11.8 Å². The van der Waals surface area contributed by atoms with Gasteiger partial charge in [0, 0.05) is 12.5 Å². The number of anilines is 1. The number of nitrogens with two attached hydrogens (primary N) is 1. The normalized spacial score (nSPS) is 12.4. The molecule has 2 aromatic rings. The van der Waals surface area contributed by atoms with E-state index in [0.29, 0.717) is 17.1 Å². The average Bonchev–Trinajstić information content (AvgIpc) is 2.69. The van der Waals surface area contributed by atoms with E-state index in [2.05, 4.69) is 29.4 Å². The van der Waals surface area contributed by atoms with Gasteiger partial charge in [0.15, 0.2) is 5.03 Å². The summed E-state index contributed by atoms with van der Waals surface area (Å²) in [6.07, 6.45) is 0.921. The van der Waals surface area contributed by atoms with Crippen molar-refractivity contribution in [3.05, 3.63) is 53.1 Å². The van der Waals surface area contributed by atoms with Gasteiger partial charge >= 0.3 is 0 Å². The van der Waals surface area contributed by atoms with Crippen LogP contribution in [-0.4, -0.2) is 17.7 Å². The second-order valence-corrected chi connectivity index (χ2v) is 7.44. The van der Waals surface area contributed by atoms with Gasteiger partial charge in [0.05, 0.1) is 5.25 Å². The molecule has 27 heavy (non-hydrogen) atoms. The average molecular weight is 380 g/mol. The Morgan fingerprint density at radius 2 is 1.93 bits per heavy atom. The molecular weight excluding hydrogens is 358 g/mol. The zero-order valence-electron chi connectivity index (χ0n) is 15.3. The molecule has 4 N–H and O–H groups in total. The summed E-state index contributed by atoms with van der Waals surface area (Å²) in [5, 5.41) is 21.3. The molecule has 2 rings (SSSR count). The fourth-order valence-electron chi connectivity index (χ4n) is 2.63. The van der Waals surface area contributed by atoms with Gasteiger partial charge < -0.3 is 5.32 Å². The summed E-state index contributed by atoms with van der Waals surface area (Å²) < 4.78 is 0. The van der Waals surface area contributed by atoms with Crippen molar-refractivity contribution >= 4 is 23.5 Å². The molecule has 7 heteroatoms. The number of aromatic nitrogens is 1. The lowest BCUT2D eigenvalue weighted by Crippen LogP contribution is -2.34. The molecule has 0 aliphatic heterocycles. The van der Waals surface area contributed by atoms with Crippen LogP contribution in [0, 0.1) is 22.7 Å². The molecule has 0 radical (unpaired) electrons. The number of benzene rings is 1. The molecule has 6 nitrogen and oxygen atoms in total. The van der Waals surface area contributed by atoms with E-state index in [4.69, 9.17) is 11.0 Å². The summed E-state index contributed by atoms with van der Waals surface area (Å²) in [6.45, 7) is 4.41. The van der Waals surface area contributed by atoms with Crippen LogP contribution in [0.3, 0.4) is 0 Å². The molecular formula is C20H22N5OS+. The van der Waals surface area contributed by atoms with E-state index in [9.17, 15) is 10.1 Å². The van der Waals surface area contributed by atoms with Gasteiger partial charge in [-0.3, -0.25) is 10.5 Å². The highest BCUT2D eigenvalue weighted by molar-refractivity contribution is 8.00. The van der Waals surface area contributed by atoms with Crippen LogP contribution in [-0.2, 0) is 4.79 Å². The highest BCUT2D eigenvalue weighted by atomic mass is 32.2. The predicted molar refractivity (Wildman–Crippen MR) is 105 cm³/mol. The van der Waals surface area contributed by atoms with Crippen molar-refractivity contribution in [2.24, 2.45) is 0 Å². The number of carbonyl (C=O) groups is 1. The molecule has 1 aromatic carbocycles. The molecule has 2 atom stereocenters. The van der Waals surface area contributed by atoms with Crippen LogP contribution in [0.25, 0.3) is 0 Å². The number of nitrogens with zero attached hydrogens (tertiary/aromatic N) is 2. The number of nitriles is 2. The number of rotatable bonds is 7. The Bertz CT molecular complexity index is 886. The minimum Gasteiger partial charge on any atom is -0.355 e. The first-order chi connectivity index (χ1) is 13.0. The number of H-pyrrole nitrogens is 1. The maximum absolute atomic E-state index is 12.5. The third-order valence-electron chi connectivity index (χ3n) is 4.26. The minimum absolute atomic E-state index is 0.116. The number of thioether (sulfide) groups is 1. The van der Waals surface area contributed by atoms with Crippen molar-refractivity contribution in [2.45, 2.75) is 36.5 Å². The molecule has 0 aliphatic rings. The Hall–Kier alpha value is -3.03. The molecule has 0 fully saturated rings. The van der Waals surface area contributed by atoms with Crippen LogP contribution < -0.4 is 16.0 Å². The van der Waals surface area contributed by atoms with Gasteiger partial charge in [-0.1, -0.05) is 49.0 Å². The third-order valence-corrected chi connectivity index (χ3v) is 5.39. The molecule has 0 aliphatic carbocycles. The van der Waals surface area contributed by atoms with Gasteiger partial charge in [-0.15, -0.1) is 0 Å². The summed E-state index contributed by atoms with van der Waals surface area (Å²) in [5.74, 6) is 0.315. The summed E-state index contributed by atoms with van der Waals surface area (Å²) in [5.41, 5.74) is 7.48. The van der Waals surface area contributed by atoms with E-state index < -0.39 is 5.25 Å². The van der Waals surface area contributed by atoms with Crippen LogP contribution in [0.1, 0.15) is 42.9 Å². The number of hydrogen-bond acceptors (Lipinski definition) is 5. The Morgan fingerprint density at radius 1 is 1.26 bits per heavy atom. The standard InChI is InChI=1S/C20H21N5OS/c1-3-14(15-7-5-4-6-8-15)12-24-19(26)13(2)27-20-17(11-22)9-16(10-21)18(23)25-20/h4-9,13-14H,3,12H2,1-2H3,(H2,23,25)(H,24,26)/p+1/t13-,14+/m0/s1. The summed E-state index contributed by atoms with van der Waals surface area (Å²) in [7, 11) is 0. The topological polar surface area (TPSA) is 117 Å². The van der Waals surface area contributed by atoms with Gasteiger partial charge in [0.1, 0.15) is 23.3 Å². The predicted octanol–water partition coefficient (Wildman–Crippen LogP) is 2.62. The molecule has 0 bridgehead atoms. The number of carbonyl (C=O) groups excluding carboxylic acids is 1. The molecule has 0 saturated heterocycles. The zero-order valence-corrected chi connectivity index (χ0v) is 16.1. The number of pyridine rings is 1. The second kappa shape index (κ2) is 9.61. The Labute approximate surface area is 163 Å². The van der Waals surface area contributed by atoms with Crippen LogP contribution in [0.2, 0.25) is 0 Å². The third kappa shape index (κ3) is 5.22. The van der Waals surface area contributed by atoms with Crippen LogP contribution in [0.4, 0.5) is 5.82 Å². The van der Waals surface area contributed by atoms with E-state index in [-0.39, 0.29) is 23.2 Å². The van der Waals surface area contributed by atoms with Crippen molar-refractivity contribution in [2.75, 3.05) is 12.3 Å². The quantitative estimate of drug-likeness (QED) is 0.716. The first-order valence-corrected chi connectivity index (χ1v) is 9.53. The fourth-order valence-corrected chi connectivity index (χ4v) is 3.58. The highest BCUT2D eigenvalue weighted by Gasteiger charge is 2.22. The Balaban J connectivity index is 2.03. The van der Waals surface area contributed by atoms with E-state index in [1.807, 2.05) is 30.3 Å². The number of aromatic amines is 1. The van der Waals surface area contributed by atoms with Gasteiger partial charge in [-0.25, -0.2) is 4.98 Å². The SMILES string of the molecule is CC[C@H](CNC(=O)[C@H](C)Sc1[nH+]c(N)c(C#N)cc1C#N)c1ccccc1. The Morgan fingerprint density at radius 3 is 2.52 bits per heavy atom. The lowest BCUT2D eigenvalue weighted by molar-refractivity contribution is -0.410. The smallest absolute Gasteiger partial charge is 0.289 e. The zero-order chi connectivity index (χ0) is 19.8. The first-order valence-electron chi connectivity index (χ1n) is 8.65. The van der Waals surface area contributed by atoms with E-state index in [1.54, 1.807) is 6.92 Å². The molecule has 0 saturated carbocycles. The van der Waals surface area contributed by atoms with Gasteiger partial charge in [-0.05, 0) is 25.0 Å². The lowest BCUT2D eigenvalue weighted by Gasteiger charge is -2.18. The van der Waals surface area contributed by atoms with Gasteiger partial charge in [0.2, 0.25) is 5.91 Å². The largest absolute Gasteiger partial charge is 0.355 e. The van der Waals surface area contributed by atoms with E-state index in [0.717, 1.165) is 6.42 Å². The highest BCUT2D eigenvalue weighted by Crippen LogP contribution is 2.25. The molecule has 138 valence electrons. The van der Waals surface area contributed by atoms with Crippen LogP contribution in [0.15, 0.2) is 41.4 Å². The maximum Gasteiger partial charge on any atom is 0.289 e. The van der Waals surface area contributed by atoms with Gasteiger partial charge in [0.25, 0.3) is 5.82 Å². The van der Waals surface area contributed by atoms with Crippen molar-refractivity contribution in [1.82, 2.24) is 5.32 Å². The van der Waals surface area contributed by atoms with Crippen LogP contribution in [0.5, 0.6) is 0 Å². The summed E-state index contributed by atoms with van der Waals surface area (Å²) in [6, 6.07) is 15.5. The molecule has 1 aromatic heterocycles. The first kappa shape index (κ1) is 20.3. The molecule has 1 amide bonds. The number of nitrogens with one attached hydrogen (secondary N) is 2. The monoisotopic (exact) mass is 380 g/mol. The number of hydrogen-bond donors (Lipinski definition) is 2. The lowest BCUT2D eigenvalue weighted by atomic mass is 9.96. The number of nitrogen functional groups attached to an aromatic ring is 1. The molecule has 0 spiro atoms. The van der Waals surface area contributed by atoms with E-state index in [1.165, 1.54) is 23.4 Å². The maximum atomic E-state index is 12.5. The van der Waals surface area contributed by atoms with E-state index >= 15 is 0 Å². The molecule has 0 unspecified atom stereocenters. The summed E-state index contributed by atoms with van der Waals surface area (Å²) >= 11 is 1.21. The van der Waals surface area contributed by atoms with Crippen molar-refractivity contribution < 1.29 is 9.78 Å². The van der Waals surface area contributed by atoms with Crippen molar-refractivity contribution in [3.8, 4) is 12.1 Å². The number of amides is 1. The van der Waals surface area contributed by atoms with Gasteiger partial charge in [-0.2, -0.15) is 10.5 Å². The van der Waals surface area contributed by atoms with Crippen molar-refractivity contribution in [3.63, 3.8) is 0 Å². The minimum atomic E-state index is -0.422. The van der Waals surface area contributed by atoms with Crippen molar-refractivity contribution in [1.29, 1.82) is 10.5 Å². The summed E-state index contributed by atoms with van der Waals surface area (Å²) in [4.78, 5) is 15.3. The molecule has 1 heterocycles. The Kier molecular flexibility index (Phi) is 7.22.